The van der Waals surface area contributed by atoms with Gasteiger partial charge in [-0.15, -0.1) is 0 Å². The van der Waals surface area contributed by atoms with E-state index in [1.54, 1.807) is 30.3 Å². The Labute approximate surface area is 134 Å². The quantitative estimate of drug-likeness (QED) is 0.871. The molecule has 6 heteroatoms. The molecule has 2 aromatic rings. The first-order valence-electron chi connectivity index (χ1n) is 7.33. The minimum Gasteiger partial charge on any atom is -0.396 e. The van der Waals surface area contributed by atoms with Gasteiger partial charge in [0.25, 0.3) is 0 Å². The van der Waals surface area contributed by atoms with Gasteiger partial charge in [0.15, 0.2) is 9.84 Å². The van der Waals surface area contributed by atoms with E-state index >= 15 is 0 Å². The van der Waals surface area contributed by atoms with Crippen molar-refractivity contribution in [1.82, 2.24) is 0 Å². The highest BCUT2D eigenvalue weighted by Crippen LogP contribution is 2.63. The maximum Gasteiger partial charge on any atom is 0.182 e. The van der Waals surface area contributed by atoms with Crippen LogP contribution in [0.25, 0.3) is 0 Å². The first kappa shape index (κ1) is 16.1. The standard InChI is InChI=1S/C17H18FNO3S/c18-13-8-6-12(7-9-13)15-16(17(15,10-19)11-20)23(21,22)14-4-2-1-3-5-14/h1-9,15-16,20H,10-11,19H2. The summed E-state index contributed by atoms with van der Waals surface area (Å²) >= 11 is 0. The minimum atomic E-state index is -3.64. The molecule has 23 heavy (non-hydrogen) atoms. The molecule has 2 aromatic carbocycles. The van der Waals surface area contributed by atoms with Crippen molar-refractivity contribution in [3.05, 3.63) is 66.0 Å². The van der Waals surface area contributed by atoms with Crippen LogP contribution in [0.5, 0.6) is 0 Å². The van der Waals surface area contributed by atoms with E-state index in [0.717, 1.165) is 0 Å². The molecule has 3 rings (SSSR count). The van der Waals surface area contributed by atoms with Crippen molar-refractivity contribution in [2.75, 3.05) is 13.2 Å². The lowest BCUT2D eigenvalue weighted by Gasteiger charge is -2.12. The molecule has 1 fully saturated rings. The molecule has 0 saturated heterocycles. The van der Waals surface area contributed by atoms with E-state index in [0.29, 0.717) is 5.56 Å². The second kappa shape index (κ2) is 5.70. The van der Waals surface area contributed by atoms with Crippen LogP contribution in [0.1, 0.15) is 11.5 Å². The highest BCUT2D eigenvalue weighted by atomic mass is 32.2. The molecule has 0 heterocycles. The molecule has 3 atom stereocenters. The molecule has 0 aromatic heterocycles. The SMILES string of the molecule is NCC1(CO)C(c2ccc(F)cc2)C1S(=O)(=O)c1ccccc1. The average Bonchev–Trinajstić information content (AvgIpc) is 3.27. The molecule has 1 aliphatic carbocycles. The highest BCUT2D eigenvalue weighted by Gasteiger charge is 2.70. The monoisotopic (exact) mass is 335 g/mol. The van der Waals surface area contributed by atoms with Crippen molar-refractivity contribution in [2.24, 2.45) is 11.1 Å². The number of benzene rings is 2. The second-order valence-corrected chi connectivity index (χ2v) is 7.97. The van der Waals surface area contributed by atoms with E-state index in [1.807, 2.05) is 0 Å². The lowest BCUT2D eigenvalue weighted by molar-refractivity contribution is 0.212. The molecule has 0 bridgehead atoms. The number of sulfone groups is 1. The molecule has 122 valence electrons. The van der Waals surface area contributed by atoms with Gasteiger partial charge in [-0.2, -0.15) is 0 Å². The summed E-state index contributed by atoms with van der Waals surface area (Å²) in [5.74, 6) is -0.831. The van der Waals surface area contributed by atoms with Gasteiger partial charge in [-0.25, -0.2) is 12.8 Å². The predicted octanol–water partition coefficient (Wildman–Crippen LogP) is 1.70. The first-order chi connectivity index (χ1) is 11.0. The van der Waals surface area contributed by atoms with Gasteiger partial charge in [-0.3, -0.25) is 0 Å². The molecule has 3 N–H and O–H groups in total. The molecule has 4 nitrogen and oxygen atoms in total. The molecule has 0 amide bonds. The number of aliphatic hydroxyl groups excluding tert-OH is 1. The van der Waals surface area contributed by atoms with Crippen molar-refractivity contribution in [3.63, 3.8) is 0 Å². The Morgan fingerprint density at radius 2 is 1.70 bits per heavy atom. The van der Waals surface area contributed by atoms with Crippen LogP contribution in [0.2, 0.25) is 0 Å². The number of hydrogen-bond acceptors (Lipinski definition) is 4. The maximum atomic E-state index is 13.1. The highest BCUT2D eigenvalue weighted by molar-refractivity contribution is 7.92. The topological polar surface area (TPSA) is 80.4 Å². The second-order valence-electron chi connectivity index (χ2n) is 5.90. The van der Waals surface area contributed by atoms with Crippen molar-refractivity contribution in [3.8, 4) is 0 Å². The first-order valence-corrected chi connectivity index (χ1v) is 8.87. The Balaban J connectivity index is 2.05. The smallest absolute Gasteiger partial charge is 0.182 e. The van der Waals surface area contributed by atoms with Gasteiger partial charge in [0.2, 0.25) is 0 Å². The zero-order valence-corrected chi connectivity index (χ0v) is 13.2. The Morgan fingerprint density at radius 1 is 1.09 bits per heavy atom. The van der Waals surface area contributed by atoms with Crippen LogP contribution in [0.4, 0.5) is 4.39 Å². The third-order valence-corrected chi connectivity index (χ3v) is 7.03. The van der Waals surface area contributed by atoms with Gasteiger partial charge in [-0.1, -0.05) is 30.3 Å². The molecular formula is C17H18FNO3S. The zero-order valence-electron chi connectivity index (χ0n) is 12.4. The Hall–Kier alpha value is -1.76. The Kier molecular flexibility index (Phi) is 4.00. The summed E-state index contributed by atoms with van der Waals surface area (Å²) in [6.07, 6.45) is 0. The van der Waals surface area contributed by atoms with Gasteiger partial charge in [0.1, 0.15) is 5.82 Å². The van der Waals surface area contributed by atoms with E-state index in [1.165, 1.54) is 24.3 Å². The Morgan fingerprint density at radius 3 is 2.22 bits per heavy atom. The fraction of sp³-hybridized carbons (Fsp3) is 0.294. The molecule has 0 aliphatic heterocycles. The van der Waals surface area contributed by atoms with Gasteiger partial charge in [-0.05, 0) is 29.8 Å². The third-order valence-electron chi connectivity index (χ3n) is 4.69. The minimum absolute atomic E-state index is 0.0439. The summed E-state index contributed by atoms with van der Waals surface area (Å²) < 4.78 is 39.0. The van der Waals surface area contributed by atoms with Gasteiger partial charge >= 0.3 is 0 Å². The predicted molar refractivity (Wildman–Crippen MR) is 85.1 cm³/mol. The van der Waals surface area contributed by atoms with Gasteiger partial charge in [0.05, 0.1) is 16.8 Å². The fourth-order valence-electron chi connectivity index (χ4n) is 3.37. The molecule has 1 saturated carbocycles. The molecular weight excluding hydrogens is 317 g/mol. The summed E-state index contributed by atoms with van der Waals surface area (Å²) in [4.78, 5) is 0.209. The summed E-state index contributed by atoms with van der Waals surface area (Å²) in [6, 6.07) is 13.8. The lowest BCUT2D eigenvalue weighted by atomic mass is 10.0. The third kappa shape index (κ3) is 2.47. The number of halogens is 1. The normalized spacial score (nSPS) is 26.9. The lowest BCUT2D eigenvalue weighted by Crippen LogP contribution is -2.27. The number of rotatable bonds is 5. The van der Waals surface area contributed by atoms with Crippen LogP contribution in [0.3, 0.4) is 0 Å². The summed E-state index contributed by atoms with van der Waals surface area (Å²) in [5, 5.41) is 9.00. The van der Waals surface area contributed by atoms with Crippen LogP contribution in [-0.2, 0) is 9.84 Å². The van der Waals surface area contributed by atoms with Crippen LogP contribution in [0.15, 0.2) is 59.5 Å². The van der Waals surface area contributed by atoms with Crippen LogP contribution in [-0.4, -0.2) is 31.9 Å². The van der Waals surface area contributed by atoms with E-state index in [2.05, 4.69) is 0 Å². The van der Waals surface area contributed by atoms with E-state index in [4.69, 9.17) is 5.73 Å². The number of nitrogens with two attached hydrogens (primary N) is 1. The number of hydrogen-bond donors (Lipinski definition) is 2. The zero-order chi connectivity index (χ0) is 16.7. The molecule has 0 radical (unpaired) electrons. The van der Waals surface area contributed by atoms with Crippen LogP contribution < -0.4 is 5.73 Å². The Bertz CT molecular complexity index is 786. The number of aliphatic hydroxyl groups is 1. The molecule has 1 aliphatic rings. The molecule has 3 unspecified atom stereocenters. The maximum absolute atomic E-state index is 13.1. The van der Waals surface area contributed by atoms with E-state index < -0.39 is 26.4 Å². The van der Waals surface area contributed by atoms with Crippen LogP contribution >= 0.6 is 0 Å². The average molecular weight is 335 g/mol. The van der Waals surface area contributed by atoms with Crippen molar-refractivity contribution in [1.29, 1.82) is 0 Å². The van der Waals surface area contributed by atoms with Crippen LogP contribution in [0, 0.1) is 11.2 Å². The van der Waals surface area contributed by atoms with E-state index in [-0.39, 0.29) is 23.9 Å². The van der Waals surface area contributed by atoms with E-state index in [9.17, 15) is 17.9 Å². The molecule has 0 spiro atoms. The van der Waals surface area contributed by atoms with Gasteiger partial charge < -0.3 is 10.8 Å². The fourth-order valence-corrected chi connectivity index (χ4v) is 5.84. The van der Waals surface area contributed by atoms with Gasteiger partial charge in [0, 0.05) is 17.9 Å². The summed E-state index contributed by atoms with van der Waals surface area (Å²) in [7, 11) is -3.64. The summed E-state index contributed by atoms with van der Waals surface area (Å²) in [6.45, 7) is -0.287. The van der Waals surface area contributed by atoms with Crippen molar-refractivity contribution >= 4 is 9.84 Å². The largest absolute Gasteiger partial charge is 0.396 e. The summed E-state index contributed by atoms with van der Waals surface area (Å²) in [5.41, 5.74) is 5.56. The van der Waals surface area contributed by atoms with Crippen molar-refractivity contribution in [2.45, 2.75) is 16.1 Å². The van der Waals surface area contributed by atoms with Crippen molar-refractivity contribution < 1.29 is 17.9 Å².